The van der Waals surface area contributed by atoms with Crippen LogP contribution in [-0.2, 0) is 15.1 Å². The Morgan fingerprint density at radius 1 is 1.29 bits per heavy atom. The van der Waals surface area contributed by atoms with Crippen molar-refractivity contribution < 1.29 is 28.1 Å². The van der Waals surface area contributed by atoms with Gasteiger partial charge in [-0.2, -0.15) is 0 Å². The molecule has 2 atom stereocenters. The number of amides is 1. The van der Waals surface area contributed by atoms with Crippen molar-refractivity contribution in [2.24, 2.45) is 5.92 Å². The molecule has 2 aliphatic heterocycles. The number of methoxy groups -OCH3 is 1. The molecule has 3 aliphatic rings. The normalized spacial score (nSPS) is 25.9. The van der Waals surface area contributed by atoms with E-state index in [1.54, 1.807) is 29.2 Å². The third kappa shape index (κ3) is 4.29. The van der Waals surface area contributed by atoms with Crippen LogP contribution in [0.25, 0.3) is 0 Å². The molecule has 1 aromatic carbocycles. The lowest BCUT2D eigenvalue weighted by Gasteiger charge is -2.42. The number of ether oxygens (including phenoxy) is 4. The molecule has 2 aromatic rings. The van der Waals surface area contributed by atoms with E-state index in [0.717, 1.165) is 12.8 Å². The molecule has 1 aliphatic carbocycles. The highest BCUT2D eigenvalue weighted by Crippen LogP contribution is 2.47. The summed E-state index contributed by atoms with van der Waals surface area (Å²) >= 11 is 0. The Balaban J connectivity index is 1.34. The van der Waals surface area contributed by atoms with Gasteiger partial charge in [-0.3, -0.25) is 4.79 Å². The van der Waals surface area contributed by atoms with Crippen molar-refractivity contribution in [3.8, 4) is 11.6 Å². The van der Waals surface area contributed by atoms with Crippen molar-refractivity contribution in [2.45, 2.75) is 43.0 Å². The first kappa shape index (κ1) is 23.2. The highest BCUT2D eigenvalue weighted by atomic mass is 19.1. The van der Waals surface area contributed by atoms with Gasteiger partial charge < -0.3 is 23.8 Å². The van der Waals surface area contributed by atoms with Crippen LogP contribution in [-0.4, -0.2) is 70.0 Å². The smallest absolute Gasteiger partial charge is 0.272 e. The van der Waals surface area contributed by atoms with E-state index in [4.69, 9.17) is 34.6 Å². The van der Waals surface area contributed by atoms with Gasteiger partial charge >= 0.3 is 0 Å². The number of likely N-dealkylation sites (tertiary alicyclic amines) is 1. The molecule has 1 aromatic heterocycles. The molecule has 0 N–H and O–H groups in total. The number of rotatable bonds is 6. The summed E-state index contributed by atoms with van der Waals surface area (Å²) in [6, 6.07) is 9.39. The van der Waals surface area contributed by atoms with E-state index in [9.17, 15) is 9.18 Å². The van der Waals surface area contributed by atoms with Crippen LogP contribution >= 0.6 is 0 Å². The van der Waals surface area contributed by atoms with Crippen molar-refractivity contribution in [3.05, 3.63) is 53.5 Å². The van der Waals surface area contributed by atoms with Crippen molar-refractivity contribution in [1.82, 2.24) is 9.88 Å². The predicted octanol–water partition coefficient (Wildman–Crippen LogP) is 2.51. The van der Waals surface area contributed by atoms with Crippen molar-refractivity contribution in [2.75, 3.05) is 26.8 Å². The van der Waals surface area contributed by atoms with Crippen LogP contribution in [0.4, 0.5) is 4.39 Å². The van der Waals surface area contributed by atoms with Gasteiger partial charge in [-0.05, 0) is 48.6 Å². The Labute approximate surface area is 200 Å². The maximum Gasteiger partial charge on any atom is 0.272 e. The van der Waals surface area contributed by atoms with E-state index in [0.29, 0.717) is 36.8 Å². The van der Waals surface area contributed by atoms with Crippen molar-refractivity contribution in [1.29, 1.82) is 0 Å². The molecule has 3 fully saturated rings. The van der Waals surface area contributed by atoms with E-state index in [1.807, 2.05) is 0 Å². The van der Waals surface area contributed by atoms with Crippen LogP contribution in [0.5, 0.6) is 11.6 Å². The zero-order chi connectivity index (χ0) is 23.9. The Morgan fingerprint density at radius 3 is 2.82 bits per heavy atom. The monoisotopic (exact) mass is 462 g/mol. The first-order valence-electron chi connectivity index (χ1n) is 11.5. The molecule has 2 saturated heterocycles. The average molecular weight is 462 g/mol. The zero-order valence-corrected chi connectivity index (χ0v) is 19.0. The van der Waals surface area contributed by atoms with Crippen LogP contribution in [0.3, 0.4) is 0 Å². The summed E-state index contributed by atoms with van der Waals surface area (Å²) in [6.45, 7) is 1.07. The maximum absolute atomic E-state index is 14.0. The molecule has 0 spiro atoms. The molecule has 3 heterocycles. The summed E-state index contributed by atoms with van der Waals surface area (Å²) in [5, 5.41) is 0. The summed E-state index contributed by atoms with van der Waals surface area (Å²) in [4.78, 5) is 19.3. The van der Waals surface area contributed by atoms with Gasteiger partial charge in [-0.25, -0.2) is 9.37 Å². The summed E-state index contributed by atoms with van der Waals surface area (Å²) in [6.07, 6.45) is 3.20. The second-order valence-electron chi connectivity index (χ2n) is 9.14. The molecule has 1 amide bonds. The van der Waals surface area contributed by atoms with Gasteiger partial charge in [-0.1, -0.05) is 18.6 Å². The number of hydrogen-bond donors (Lipinski definition) is 0. The lowest BCUT2D eigenvalue weighted by atomic mass is 9.76. The fourth-order valence-corrected chi connectivity index (χ4v) is 4.84. The SMILES string of the molecule is [B]C1([B])OC2CN(C(=O)c3ccc(OCC4CCC4)c(OC)n3)CC[C@]2(c2cccc(F)c2)O1. The van der Waals surface area contributed by atoms with Gasteiger partial charge in [0.25, 0.3) is 11.8 Å². The largest absolute Gasteiger partial charge is 0.488 e. The summed E-state index contributed by atoms with van der Waals surface area (Å²) in [7, 11) is 13.4. The molecule has 0 bridgehead atoms. The zero-order valence-electron chi connectivity index (χ0n) is 19.0. The number of carbonyl (C=O) groups is 1. The van der Waals surface area contributed by atoms with E-state index >= 15 is 0 Å². The first-order chi connectivity index (χ1) is 16.3. The molecular weight excluding hydrogens is 437 g/mol. The van der Waals surface area contributed by atoms with Crippen LogP contribution in [0.15, 0.2) is 36.4 Å². The van der Waals surface area contributed by atoms with Gasteiger partial charge in [0.15, 0.2) is 5.75 Å². The highest BCUT2D eigenvalue weighted by molar-refractivity contribution is 6.38. The van der Waals surface area contributed by atoms with Gasteiger partial charge in [0.1, 0.15) is 38.9 Å². The number of pyridine rings is 1. The molecule has 7 nitrogen and oxygen atoms in total. The van der Waals surface area contributed by atoms with Gasteiger partial charge in [0, 0.05) is 13.0 Å². The minimum atomic E-state index is -1.85. The van der Waals surface area contributed by atoms with Crippen LogP contribution < -0.4 is 9.47 Å². The third-order valence-corrected chi connectivity index (χ3v) is 6.87. The average Bonchev–Trinajstić information content (AvgIpc) is 3.08. The molecule has 5 rings (SSSR count). The van der Waals surface area contributed by atoms with Crippen LogP contribution in [0.1, 0.15) is 41.7 Å². The molecular formula is C24H25B2FN2O5. The van der Waals surface area contributed by atoms with Crippen molar-refractivity contribution in [3.63, 3.8) is 0 Å². The number of halogens is 1. The molecule has 10 heteroatoms. The summed E-state index contributed by atoms with van der Waals surface area (Å²) < 4.78 is 36.9. The van der Waals surface area contributed by atoms with Crippen LogP contribution in [0, 0.1) is 11.7 Å². The Morgan fingerprint density at radius 2 is 2.12 bits per heavy atom. The number of benzene rings is 1. The van der Waals surface area contributed by atoms with Crippen molar-refractivity contribution >= 4 is 21.6 Å². The molecule has 1 saturated carbocycles. The first-order valence-corrected chi connectivity index (χ1v) is 11.5. The van der Waals surface area contributed by atoms with E-state index in [-0.39, 0.29) is 24.0 Å². The quantitative estimate of drug-likeness (QED) is 0.615. The topological polar surface area (TPSA) is 70.1 Å². The standard InChI is InChI=1S/C24H25B2FN2O5/c1-31-21-19(32-14-15-4-2-5-15)9-8-18(28-21)22(30)29-11-10-23(16-6-3-7-17(27)12-16)20(13-29)33-24(25,26)34-23/h3,6-9,12,15,20H,2,4-5,10-11,13-14H2,1H3/t20?,23-/m1/s1. The Bertz CT molecular complexity index is 1080. The minimum absolute atomic E-state index is 0.148. The molecule has 1 unspecified atom stereocenters. The second-order valence-corrected chi connectivity index (χ2v) is 9.14. The fourth-order valence-electron chi connectivity index (χ4n) is 4.84. The summed E-state index contributed by atoms with van der Waals surface area (Å²) in [5.41, 5.74) is -2.13. The fraction of sp³-hybridized carbons (Fsp3) is 0.500. The van der Waals surface area contributed by atoms with E-state index in [2.05, 4.69) is 4.98 Å². The lowest BCUT2D eigenvalue weighted by Crippen LogP contribution is -2.53. The Kier molecular flexibility index (Phi) is 6.06. The number of carbonyl (C=O) groups excluding carboxylic acids is 1. The van der Waals surface area contributed by atoms with E-state index < -0.39 is 23.1 Å². The number of nitrogens with zero attached hydrogens (tertiary/aromatic N) is 2. The highest BCUT2D eigenvalue weighted by Gasteiger charge is 2.56. The Hall–Kier alpha value is -2.58. The van der Waals surface area contributed by atoms with Crippen LogP contribution in [0.2, 0.25) is 0 Å². The maximum atomic E-state index is 14.0. The molecule has 4 radical (unpaired) electrons. The van der Waals surface area contributed by atoms with Gasteiger partial charge in [-0.15, -0.1) is 0 Å². The number of fused-ring (bicyclic) bond motifs is 1. The minimum Gasteiger partial charge on any atom is -0.488 e. The molecule has 34 heavy (non-hydrogen) atoms. The summed E-state index contributed by atoms with van der Waals surface area (Å²) in [5.74, 6) is 0.628. The number of hydrogen-bond acceptors (Lipinski definition) is 6. The van der Waals surface area contributed by atoms with Gasteiger partial charge in [0.2, 0.25) is 0 Å². The van der Waals surface area contributed by atoms with E-state index in [1.165, 1.54) is 25.7 Å². The third-order valence-electron chi connectivity index (χ3n) is 6.87. The number of aromatic nitrogens is 1. The number of piperidine rings is 1. The van der Waals surface area contributed by atoms with Gasteiger partial charge in [0.05, 0.1) is 25.8 Å². The molecule has 174 valence electrons. The predicted molar refractivity (Wildman–Crippen MR) is 122 cm³/mol. The second kappa shape index (κ2) is 8.89. The lowest BCUT2D eigenvalue weighted by molar-refractivity contribution is -0.0775.